The van der Waals surface area contributed by atoms with Crippen LogP contribution in [0.25, 0.3) is 0 Å². The highest BCUT2D eigenvalue weighted by Gasteiger charge is 2.24. The average molecular weight is 359 g/mol. The van der Waals surface area contributed by atoms with Crippen LogP contribution in [0.5, 0.6) is 0 Å². The largest absolute Gasteiger partial charge is 0.381 e. The third-order valence-electron chi connectivity index (χ3n) is 3.90. The Labute approximate surface area is 146 Å². The molecule has 0 bridgehead atoms. The summed E-state index contributed by atoms with van der Waals surface area (Å²) in [4.78, 5) is 11.7. The summed E-state index contributed by atoms with van der Waals surface area (Å²) in [5.74, 6) is 0.198. The quantitative estimate of drug-likeness (QED) is 0.865. The van der Waals surface area contributed by atoms with E-state index in [2.05, 4.69) is 10.6 Å². The van der Waals surface area contributed by atoms with Gasteiger partial charge in [-0.2, -0.15) is 0 Å². The van der Waals surface area contributed by atoms with Crippen molar-refractivity contribution in [2.75, 3.05) is 46.1 Å². The number of nitrogens with one attached hydrogen (secondary N) is 2. The molecule has 0 aliphatic carbocycles. The highest BCUT2D eigenvalue weighted by molar-refractivity contribution is 6.30. The Morgan fingerprint density at radius 3 is 2.75 bits per heavy atom. The fourth-order valence-electron chi connectivity index (χ4n) is 2.46. The second-order valence-electron chi connectivity index (χ2n) is 5.86. The fraction of sp³-hybridized carbons (Fsp3) is 0.588. The van der Waals surface area contributed by atoms with E-state index < -0.39 is 0 Å². The molecule has 7 heteroatoms. The van der Waals surface area contributed by atoms with Gasteiger partial charge in [0.1, 0.15) is 5.82 Å². The minimum atomic E-state index is -0.367. The lowest BCUT2D eigenvalue weighted by atomic mass is 10.1. The van der Waals surface area contributed by atoms with Crippen LogP contribution in [0.15, 0.2) is 24.3 Å². The van der Waals surface area contributed by atoms with Crippen LogP contribution in [0.1, 0.15) is 6.42 Å². The van der Waals surface area contributed by atoms with Gasteiger partial charge in [0.2, 0.25) is 5.91 Å². The van der Waals surface area contributed by atoms with Gasteiger partial charge < -0.3 is 20.1 Å². The topological polar surface area (TPSA) is 59.6 Å². The van der Waals surface area contributed by atoms with Crippen LogP contribution in [0.3, 0.4) is 0 Å². The molecule has 2 aliphatic heterocycles. The van der Waals surface area contributed by atoms with Gasteiger partial charge in [0.05, 0.1) is 30.8 Å². The van der Waals surface area contributed by atoms with Gasteiger partial charge in [-0.1, -0.05) is 23.7 Å². The van der Waals surface area contributed by atoms with E-state index in [4.69, 9.17) is 21.1 Å². The first kappa shape index (κ1) is 19.1. The Hall–Kier alpha value is -1.21. The Morgan fingerprint density at radius 2 is 2.08 bits per heavy atom. The van der Waals surface area contributed by atoms with Crippen molar-refractivity contribution >= 4 is 17.5 Å². The Morgan fingerprint density at radius 1 is 1.29 bits per heavy atom. The molecule has 5 nitrogen and oxygen atoms in total. The monoisotopic (exact) mass is 358 g/mol. The van der Waals surface area contributed by atoms with Crippen molar-refractivity contribution in [2.24, 2.45) is 11.8 Å². The molecule has 1 aromatic rings. The first-order valence-corrected chi connectivity index (χ1v) is 8.58. The van der Waals surface area contributed by atoms with Crippen LogP contribution in [0.2, 0.25) is 5.02 Å². The third-order valence-corrected chi connectivity index (χ3v) is 4.21. The van der Waals surface area contributed by atoms with E-state index in [9.17, 15) is 9.18 Å². The molecule has 3 rings (SSSR count). The highest BCUT2D eigenvalue weighted by atomic mass is 35.5. The molecule has 2 fully saturated rings. The fourth-order valence-corrected chi connectivity index (χ4v) is 2.60. The van der Waals surface area contributed by atoms with Crippen molar-refractivity contribution in [1.29, 1.82) is 0 Å². The zero-order chi connectivity index (χ0) is 17.2. The van der Waals surface area contributed by atoms with Gasteiger partial charge >= 0.3 is 0 Å². The van der Waals surface area contributed by atoms with E-state index >= 15 is 0 Å². The molecule has 24 heavy (non-hydrogen) atoms. The number of halogens is 2. The Kier molecular flexibility index (Phi) is 8.45. The normalized spacial score (nSPS) is 23.8. The number of rotatable bonds is 3. The molecular weight excluding hydrogens is 335 g/mol. The second-order valence-corrected chi connectivity index (χ2v) is 6.27. The molecule has 0 spiro atoms. The molecule has 2 heterocycles. The molecule has 0 aromatic heterocycles. The zero-order valence-corrected chi connectivity index (χ0v) is 14.4. The Bertz CT molecular complexity index is 483. The number of benzene rings is 1. The predicted octanol–water partition coefficient (Wildman–Crippen LogP) is 1.85. The van der Waals surface area contributed by atoms with E-state index in [1.54, 1.807) is 12.1 Å². The maximum Gasteiger partial charge on any atom is 0.225 e. The second kappa shape index (κ2) is 10.6. The predicted molar refractivity (Wildman–Crippen MR) is 90.5 cm³/mol. The van der Waals surface area contributed by atoms with Crippen LogP contribution < -0.4 is 10.6 Å². The molecule has 2 atom stereocenters. The van der Waals surface area contributed by atoms with Crippen molar-refractivity contribution in [2.45, 2.75) is 6.42 Å². The summed E-state index contributed by atoms with van der Waals surface area (Å²) in [6.07, 6.45) is 0.852. The number of amides is 1. The van der Waals surface area contributed by atoms with Crippen LogP contribution in [0, 0.1) is 17.7 Å². The van der Waals surface area contributed by atoms with E-state index in [1.807, 2.05) is 0 Å². The molecule has 2 N–H and O–H groups in total. The summed E-state index contributed by atoms with van der Waals surface area (Å²) in [7, 11) is 0. The number of ether oxygens (including phenoxy) is 2. The van der Waals surface area contributed by atoms with E-state index in [0.29, 0.717) is 25.7 Å². The minimum Gasteiger partial charge on any atom is -0.381 e. The summed E-state index contributed by atoms with van der Waals surface area (Å²) >= 11 is 5.33. The van der Waals surface area contributed by atoms with E-state index in [-0.39, 0.29) is 22.7 Å². The summed E-state index contributed by atoms with van der Waals surface area (Å²) in [6, 6.07) is 6.12. The molecule has 0 saturated carbocycles. The lowest BCUT2D eigenvalue weighted by Gasteiger charge is -2.16. The van der Waals surface area contributed by atoms with Crippen molar-refractivity contribution in [3.8, 4) is 0 Å². The maximum absolute atomic E-state index is 12.2. The lowest BCUT2D eigenvalue weighted by Crippen LogP contribution is -2.38. The third kappa shape index (κ3) is 6.73. The first-order chi connectivity index (χ1) is 11.7. The summed E-state index contributed by atoms with van der Waals surface area (Å²) in [5, 5.41) is 6.45. The van der Waals surface area contributed by atoms with Gasteiger partial charge in [-0.05, 0) is 18.6 Å². The summed E-state index contributed by atoms with van der Waals surface area (Å²) in [6.45, 7) is 5.30. The van der Waals surface area contributed by atoms with Crippen molar-refractivity contribution in [3.63, 3.8) is 0 Å². The lowest BCUT2D eigenvalue weighted by molar-refractivity contribution is -0.125. The van der Waals surface area contributed by atoms with E-state index in [1.165, 1.54) is 12.1 Å². The number of hydrogen-bond acceptors (Lipinski definition) is 4. The van der Waals surface area contributed by atoms with Crippen LogP contribution in [0.4, 0.5) is 4.39 Å². The van der Waals surface area contributed by atoms with Crippen LogP contribution >= 0.6 is 11.6 Å². The van der Waals surface area contributed by atoms with Gasteiger partial charge in [-0.3, -0.25) is 4.79 Å². The SMILES string of the molecule is Fc1ccccc1Cl.O=C(NCC1CNCCOC1)C1CCOC1. The summed E-state index contributed by atoms with van der Waals surface area (Å²) < 4.78 is 22.8. The number of carbonyl (C=O) groups is 1. The van der Waals surface area contributed by atoms with Crippen molar-refractivity contribution in [3.05, 3.63) is 35.1 Å². The minimum absolute atomic E-state index is 0.0552. The van der Waals surface area contributed by atoms with Gasteiger partial charge in [-0.15, -0.1) is 0 Å². The van der Waals surface area contributed by atoms with Crippen LogP contribution in [-0.4, -0.2) is 52.0 Å². The van der Waals surface area contributed by atoms with E-state index in [0.717, 1.165) is 32.7 Å². The maximum atomic E-state index is 12.2. The van der Waals surface area contributed by atoms with Gasteiger partial charge in [0.15, 0.2) is 0 Å². The molecule has 1 amide bonds. The highest BCUT2D eigenvalue weighted by Crippen LogP contribution is 2.12. The molecular formula is C17H24ClFN2O3. The number of carbonyl (C=O) groups excluding carboxylic acids is 1. The first-order valence-electron chi connectivity index (χ1n) is 8.20. The molecule has 2 saturated heterocycles. The molecule has 1 aromatic carbocycles. The summed E-state index contributed by atoms with van der Waals surface area (Å²) in [5.41, 5.74) is 0. The number of hydrogen-bond donors (Lipinski definition) is 2. The van der Waals surface area contributed by atoms with Gasteiger partial charge in [0, 0.05) is 32.2 Å². The van der Waals surface area contributed by atoms with Gasteiger partial charge in [-0.25, -0.2) is 4.39 Å². The molecule has 134 valence electrons. The smallest absolute Gasteiger partial charge is 0.225 e. The Balaban J connectivity index is 0.000000219. The van der Waals surface area contributed by atoms with Crippen molar-refractivity contribution < 1.29 is 18.7 Å². The molecule has 2 unspecified atom stereocenters. The van der Waals surface area contributed by atoms with Crippen LogP contribution in [-0.2, 0) is 14.3 Å². The molecule has 2 aliphatic rings. The average Bonchev–Trinajstić information content (AvgIpc) is 3.00. The molecule has 0 radical (unpaired) electrons. The zero-order valence-electron chi connectivity index (χ0n) is 13.6. The van der Waals surface area contributed by atoms with Gasteiger partial charge in [0.25, 0.3) is 0 Å². The van der Waals surface area contributed by atoms with Crippen molar-refractivity contribution in [1.82, 2.24) is 10.6 Å². The standard InChI is InChI=1S/C11H20N2O3.C6H4ClF/c14-11(10-1-3-15-8-10)13-6-9-5-12-2-4-16-7-9;7-5-3-1-2-4-6(5)8/h9-10,12H,1-8H2,(H,13,14);1-4H.